The second-order valence-electron chi connectivity index (χ2n) is 15.8. The SMILES string of the molecule is C=C1C(=O)[C@@]23C(=O)O[C@H]4CCC(C)(C)[C@H]5[C@H](OC(C)=O)OC[C@@]45[C@@H]2CC[C@@H]1[C@H]3OC(=O)CCC(=O)OCCCCOc1[nH]o[n+](=O)c1S(=O)(=O)c1ccccc1. The first-order valence-corrected chi connectivity index (χ1v) is 20.2. The second kappa shape index (κ2) is 14.6. The number of aromatic nitrogens is 2. The van der Waals surface area contributed by atoms with Crippen LogP contribution in [0.15, 0.2) is 57.0 Å². The highest BCUT2D eigenvalue weighted by molar-refractivity contribution is 7.91. The van der Waals surface area contributed by atoms with Crippen LogP contribution in [0.4, 0.5) is 0 Å². The van der Waals surface area contributed by atoms with E-state index in [1.807, 2.05) is 0 Å². The number of esters is 4. The molecular weight excluding hydrogens is 756 g/mol. The molecule has 5 aliphatic rings. The van der Waals surface area contributed by atoms with Crippen LogP contribution in [0.3, 0.4) is 0 Å². The van der Waals surface area contributed by atoms with E-state index in [2.05, 4.69) is 30.2 Å². The number of sulfone groups is 1. The van der Waals surface area contributed by atoms with E-state index in [1.165, 1.54) is 31.2 Å². The van der Waals surface area contributed by atoms with Crippen molar-refractivity contribution in [2.45, 2.75) is 101 Å². The average molecular weight is 802 g/mol. The highest BCUT2D eigenvalue weighted by Crippen LogP contribution is 2.71. The molecule has 0 radical (unpaired) electrons. The summed E-state index contributed by atoms with van der Waals surface area (Å²) >= 11 is 0. The van der Waals surface area contributed by atoms with Crippen molar-refractivity contribution < 1.29 is 70.0 Å². The van der Waals surface area contributed by atoms with Crippen molar-refractivity contribution in [3.05, 3.63) is 47.4 Å². The van der Waals surface area contributed by atoms with Gasteiger partial charge in [0.15, 0.2) is 11.2 Å². The Morgan fingerprint density at radius 1 is 1.00 bits per heavy atom. The number of rotatable bonds is 13. The molecule has 5 fully saturated rings. The highest BCUT2D eigenvalue weighted by Gasteiger charge is 2.81. The summed E-state index contributed by atoms with van der Waals surface area (Å²) in [6.45, 7) is 9.42. The van der Waals surface area contributed by atoms with Crippen LogP contribution >= 0.6 is 0 Å². The molecule has 1 aromatic carbocycles. The number of benzene rings is 1. The average Bonchev–Trinajstić information content (AvgIpc) is 3.76. The molecule has 2 aromatic rings. The zero-order valence-electron chi connectivity index (χ0n) is 31.3. The lowest BCUT2D eigenvalue weighted by Gasteiger charge is -2.62. The number of aromatic amines is 1. The molecule has 3 saturated carbocycles. The third kappa shape index (κ3) is 6.24. The lowest BCUT2D eigenvalue weighted by molar-refractivity contribution is -0.744. The van der Waals surface area contributed by atoms with Gasteiger partial charge in [0, 0.05) is 24.2 Å². The van der Waals surface area contributed by atoms with Crippen LogP contribution < -0.4 is 9.34 Å². The number of nitrogens with zero attached hydrogens (tertiary/aromatic N) is 1. The molecule has 0 amide bonds. The van der Waals surface area contributed by atoms with Gasteiger partial charge < -0.3 is 28.4 Å². The second-order valence-corrected chi connectivity index (χ2v) is 17.7. The molecule has 56 heavy (non-hydrogen) atoms. The Balaban J connectivity index is 0.951. The van der Waals surface area contributed by atoms with Crippen LogP contribution in [-0.4, -0.2) is 81.6 Å². The first kappa shape index (κ1) is 39.4. The molecule has 18 heteroatoms. The van der Waals surface area contributed by atoms with Gasteiger partial charge in [0.05, 0.1) is 37.6 Å². The Morgan fingerprint density at radius 3 is 2.45 bits per heavy atom. The van der Waals surface area contributed by atoms with Crippen LogP contribution in [0.25, 0.3) is 0 Å². The highest BCUT2D eigenvalue weighted by atomic mass is 32.2. The van der Waals surface area contributed by atoms with Gasteiger partial charge in [-0.2, -0.15) is 0 Å². The van der Waals surface area contributed by atoms with Crippen molar-refractivity contribution >= 4 is 39.5 Å². The minimum Gasteiger partial charge on any atom is -0.466 e. The number of nitrogens with one attached hydrogen (secondary N) is 1. The maximum absolute atomic E-state index is 14.2. The number of carbonyl (C=O) groups is 5. The van der Waals surface area contributed by atoms with Gasteiger partial charge in [-0.1, -0.05) is 43.3 Å². The zero-order chi connectivity index (χ0) is 40.2. The molecule has 1 N–H and O–H groups in total. The van der Waals surface area contributed by atoms with Crippen molar-refractivity contribution in [3.63, 3.8) is 0 Å². The monoisotopic (exact) mass is 801 g/mol. The first-order chi connectivity index (χ1) is 26.6. The number of hydrogen-bond acceptors (Lipinski definition) is 15. The number of hydrogen-bond donors (Lipinski definition) is 1. The van der Waals surface area contributed by atoms with Gasteiger partial charge in [-0.3, -0.25) is 24.0 Å². The van der Waals surface area contributed by atoms with Crippen LogP contribution in [0.5, 0.6) is 5.88 Å². The molecule has 7 rings (SSSR count). The minimum absolute atomic E-state index is 0.0457. The molecular formula is C38H45N2O15S+. The Labute approximate surface area is 321 Å². The normalized spacial score (nSPS) is 31.4. The van der Waals surface area contributed by atoms with Crippen molar-refractivity contribution in [1.82, 2.24) is 5.16 Å². The molecule has 8 atom stereocenters. The number of H-pyrrole nitrogens is 1. The first-order valence-electron chi connectivity index (χ1n) is 18.7. The number of Topliss-reactive ketones (excluding diaryl/α,β-unsaturated/α-hetero) is 1. The zero-order valence-corrected chi connectivity index (χ0v) is 32.1. The Kier molecular flexibility index (Phi) is 10.3. The topological polar surface area (TPSA) is 227 Å². The molecule has 3 heterocycles. The van der Waals surface area contributed by atoms with E-state index in [-0.39, 0.29) is 53.6 Å². The standard InChI is InChI=1S/C38H45N2O15S/c1-21-24-12-13-25-37-20-51-34(52-22(2)41)29(37)36(3,4)17-16-26(37)53-35(45)38(25,30(21)44)31(24)54-28(43)15-14-27(42)49-18-8-9-19-50-32-33(40(46)55-39-32)56(47,48)23-10-6-5-7-11-23/h5-7,10-11,24-26,29,31,34,39H,1,8-9,12-20H2,2-4H3/q+1/t24-,25-,26-,29+,31+,34-,37+,38-/m0/s1. The molecule has 3 aliphatic carbocycles. The van der Waals surface area contributed by atoms with Crippen molar-refractivity contribution in [2.75, 3.05) is 19.8 Å². The molecule has 2 aliphatic heterocycles. The summed E-state index contributed by atoms with van der Waals surface area (Å²) in [4.78, 5) is 78.4. The quantitative estimate of drug-likeness (QED) is 0.101. The summed E-state index contributed by atoms with van der Waals surface area (Å²) in [6.07, 6.45) is -0.757. The van der Waals surface area contributed by atoms with E-state index in [9.17, 15) is 37.3 Å². The molecule has 17 nitrogen and oxygen atoms in total. The molecule has 2 saturated heterocycles. The van der Waals surface area contributed by atoms with Crippen molar-refractivity contribution in [3.8, 4) is 5.88 Å². The third-order valence-electron chi connectivity index (χ3n) is 12.3. The number of carbonyl (C=O) groups excluding carboxylic acids is 5. The van der Waals surface area contributed by atoms with Gasteiger partial charge in [0.25, 0.3) is 9.84 Å². The van der Waals surface area contributed by atoms with Crippen molar-refractivity contribution in [1.29, 1.82) is 0 Å². The van der Waals surface area contributed by atoms with E-state index in [1.54, 1.807) is 6.07 Å². The van der Waals surface area contributed by atoms with Gasteiger partial charge in [0.1, 0.15) is 12.2 Å². The van der Waals surface area contributed by atoms with E-state index in [4.69, 9.17) is 28.4 Å². The Bertz CT molecular complexity index is 2110. The fourth-order valence-electron chi connectivity index (χ4n) is 10.0. The predicted octanol–water partition coefficient (Wildman–Crippen LogP) is 3.17. The van der Waals surface area contributed by atoms with Gasteiger partial charge in [-0.05, 0) is 77.6 Å². The van der Waals surface area contributed by atoms with Crippen LogP contribution in [0.1, 0.15) is 72.1 Å². The summed E-state index contributed by atoms with van der Waals surface area (Å²) in [6, 6.07) is 7.30. The third-order valence-corrected chi connectivity index (χ3v) is 14.1. The van der Waals surface area contributed by atoms with Gasteiger partial charge in [-0.15, -0.1) is 0 Å². The summed E-state index contributed by atoms with van der Waals surface area (Å²) in [5, 5.41) is 1.42. The fraction of sp³-hybridized carbons (Fsp3) is 0.605. The minimum atomic E-state index is -4.24. The molecule has 2 bridgehead atoms. The summed E-state index contributed by atoms with van der Waals surface area (Å²) in [5.74, 6) is -5.34. The van der Waals surface area contributed by atoms with Crippen molar-refractivity contribution in [2.24, 2.45) is 34.0 Å². The summed E-state index contributed by atoms with van der Waals surface area (Å²) in [7, 11) is -4.24. The largest absolute Gasteiger partial charge is 0.466 e. The fourth-order valence-corrected chi connectivity index (χ4v) is 11.4. The van der Waals surface area contributed by atoms with E-state index < -0.39 is 97.0 Å². The van der Waals surface area contributed by atoms with Crippen LogP contribution in [0, 0.1) is 38.9 Å². The van der Waals surface area contributed by atoms with Gasteiger partial charge in [0.2, 0.25) is 10.9 Å². The van der Waals surface area contributed by atoms with Crippen LogP contribution in [0.2, 0.25) is 0 Å². The number of fused-ring (bicyclic) bond motifs is 1. The lowest BCUT2D eigenvalue weighted by atomic mass is 9.43. The maximum Gasteiger partial charge on any atom is 0.404 e. The number of ether oxygens (including phenoxy) is 6. The summed E-state index contributed by atoms with van der Waals surface area (Å²) in [5.41, 5.74) is -2.97. The van der Waals surface area contributed by atoms with E-state index in [0.717, 1.165) is 0 Å². The van der Waals surface area contributed by atoms with E-state index in [0.29, 0.717) is 38.5 Å². The van der Waals surface area contributed by atoms with Gasteiger partial charge >= 0.3 is 34.8 Å². The number of unbranched alkanes of at least 4 members (excludes halogenated alkanes) is 1. The molecule has 2 spiro atoms. The predicted molar refractivity (Wildman–Crippen MR) is 186 cm³/mol. The Morgan fingerprint density at radius 2 is 1.71 bits per heavy atom. The molecule has 302 valence electrons. The Hall–Kier alpha value is -4.84. The molecule has 1 aromatic heterocycles. The van der Waals surface area contributed by atoms with E-state index >= 15 is 0 Å². The van der Waals surface area contributed by atoms with Crippen LogP contribution in [-0.2, 0) is 57.5 Å². The molecule has 0 unspecified atom stereocenters. The number of ketones is 1. The lowest BCUT2D eigenvalue weighted by Crippen LogP contribution is -2.71. The maximum atomic E-state index is 14.2. The summed E-state index contributed by atoms with van der Waals surface area (Å²) < 4.78 is 64.9. The smallest absolute Gasteiger partial charge is 0.404 e. The van der Waals surface area contributed by atoms with Gasteiger partial charge in [-0.25, -0.2) is 8.42 Å².